The van der Waals surface area contributed by atoms with Crippen LogP contribution in [0.2, 0.25) is 0 Å². The lowest BCUT2D eigenvalue weighted by molar-refractivity contribution is 0.0952. The quantitative estimate of drug-likeness (QED) is 0.506. The maximum absolute atomic E-state index is 13.2. The fourth-order valence-corrected chi connectivity index (χ4v) is 4.12. The normalized spacial score (nSPS) is 13.2. The van der Waals surface area contributed by atoms with Crippen LogP contribution in [0.1, 0.15) is 33.7 Å². The Hall–Kier alpha value is -3.78. The van der Waals surface area contributed by atoms with Crippen LogP contribution in [-0.4, -0.2) is 27.6 Å². The summed E-state index contributed by atoms with van der Waals surface area (Å²) in [5, 5.41) is 13.2. The van der Waals surface area contributed by atoms with Gasteiger partial charge in [-0.3, -0.25) is 14.4 Å². The summed E-state index contributed by atoms with van der Waals surface area (Å²) in [6.45, 7) is 0. The van der Waals surface area contributed by atoms with Gasteiger partial charge < -0.3 is 10.6 Å². The monoisotopic (exact) mass is 430 g/mol. The van der Waals surface area contributed by atoms with E-state index in [1.165, 1.54) is 16.0 Å². The smallest absolute Gasteiger partial charge is 0.279 e. The Bertz CT molecular complexity index is 1360. The van der Waals surface area contributed by atoms with E-state index in [4.69, 9.17) is 0 Å². The zero-order valence-electron chi connectivity index (χ0n) is 16.4. The molecule has 0 bridgehead atoms. The molecule has 7 nitrogen and oxygen atoms in total. The van der Waals surface area contributed by atoms with E-state index in [2.05, 4.69) is 15.7 Å². The fourth-order valence-electron chi connectivity index (χ4n) is 3.34. The molecular weight excluding hydrogens is 412 g/mol. The third-order valence-electron chi connectivity index (χ3n) is 5.07. The van der Waals surface area contributed by atoms with Crippen molar-refractivity contribution in [3.8, 4) is 5.69 Å². The number of amides is 2. The van der Waals surface area contributed by atoms with Gasteiger partial charge in [-0.25, -0.2) is 0 Å². The summed E-state index contributed by atoms with van der Waals surface area (Å²) in [5.74, 6) is -0.685. The molecule has 2 aromatic carbocycles. The molecule has 2 N–H and O–H groups in total. The number of fused-ring (bicyclic) bond motifs is 1. The molecule has 5 rings (SSSR count). The molecule has 2 aromatic heterocycles. The molecule has 0 aliphatic heterocycles. The average Bonchev–Trinajstić information content (AvgIpc) is 3.49. The van der Waals surface area contributed by atoms with E-state index in [1.807, 2.05) is 6.07 Å². The highest BCUT2D eigenvalue weighted by Crippen LogP contribution is 2.26. The van der Waals surface area contributed by atoms with Crippen molar-refractivity contribution in [1.29, 1.82) is 0 Å². The minimum absolute atomic E-state index is 0.112. The summed E-state index contributed by atoms with van der Waals surface area (Å²) in [5.41, 5.74) is 0.791. The summed E-state index contributed by atoms with van der Waals surface area (Å²) in [7, 11) is 0. The molecular formula is C23H18N4O3S. The number of para-hydroxylation sites is 1. The van der Waals surface area contributed by atoms with E-state index in [0.29, 0.717) is 27.0 Å². The zero-order valence-corrected chi connectivity index (χ0v) is 17.2. The lowest BCUT2D eigenvalue weighted by atomic mass is 10.1. The highest BCUT2D eigenvalue weighted by Gasteiger charge is 2.26. The third kappa shape index (κ3) is 3.73. The van der Waals surface area contributed by atoms with Crippen LogP contribution in [-0.2, 0) is 0 Å². The van der Waals surface area contributed by atoms with Crippen molar-refractivity contribution < 1.29 is 9.59 Å². The first-order valence-corrected chi connectivity index (χ1v) is 10.8. The zero-order chi connectivity index (χ0) is 21.4. The molecule has 1 aliphatic rings. The molecule has 1 fully saturated rings. The van der Waals surface area contributed by atoms with Crippen molar-refractivity contribution in [2.45, 2.75) is 18.9 Å². The number of benzene rings is 2. The highest BCUT2D eigenvalue weighted by atomic mass is 32.1. The number of nitrogens with zero attached hydrogens (tertiary/aromatic N) is 2. The number of hydrogen-bond acceptors (Lipinski definition) is 5. The molecule has 1 aliphatic carbocycles. The van der Waals surface area contributed by atoms with E-state index in [9.17, 15) is 14.4 Å². The molecule has 0 atom stereocenters. The van der Waals surface area contributed by atoms with Gasteiger partial charge in [0.05, 0.1) is 16.6 Å². The number of anilines is 1. The summed E-state index contributed by atoms with van der Waals surface area (Å²) in [4.78, 5) is 38.7. The maximum atomic E-state index is 13.2. The minimum Gasteiger partial charge on any atom is -0.349 e. The van der Waals surface area contributed by atoms with Gasteiger partial charge in [-0.05, 0) is 42.5 Å². The highest BCUT2D eigenvalue weighted by molar-refractivity contribution is 7.14. The van der Waals surface area contributed by atoms with E-state index < -0.39 is 5.91 Å². The van der Waals surface area contributed by atoms with E-state index in [1.54, 1.807) is 60.0 Å². The van der Waals surface area contributed by atoms with Crippen molar-refractivity contribution in [3.63, 3.8) is 0 Å². The van der Waals surface area contributed by atoms with Crippen LogP contribution in [0.15, 0.2) is 70.8 Å². The van der Waals surface area contributed by atoms with Crippen molar-refractivity contribution in [2.24, 2.45) is 0 Å². The second-order valence-electron chi connectivity index (χ2n) is 7.31. The number of thiophene rings is 1. The van der Waals surface area contributed by atoms with Crippen molar-refractivity contribution >= 4 is 38.9 Å². The van der Waals surface area contributed by atoms with Gasteiger partial charge in [0.25, 0.3) is 17.4 Å². The van der Waals surface area contributed by atoms with Crippen molar-refractivity contribution in [2.75, 3.05) is 5.32 Å². The summed E-state index contributed by atoms with van der Waals surface area (Å²) in [6, 6.07) is 17.7. The molecule has 1 saturated carbocycles. The molecule has 0 saturated heterocycles. The van der Waals surface area contributed by atoms with Crippen LogP contribution < -0.4 is 16.2 Å². The Morgan fingerprint density at radius 1 is 0.935 bits per heavy atom. The SMILES string of the molecule is O=C(NC1CC1)c1ccsc1NC(=O)c1nn(-c2ccccc2)c(=O)c2ccccc12. The van der Waals surface area contributed by atoms with Crippen molar-refractivity contribution in [3.05, 3.63) is 87.7 Å². The Morgan fingerprint density at radius 2 is 1.65 bits per heavy atom. The molecule has 154 valence electrons. The van der Waals surface area contributed by atoms with Gasteiger partial charge >= 0.3 is 0 Å². The third-order valence-corrected chi connectivity index (χ3v) is 5.90. The topological polar surface area (TPSA) is 93.1 Å². The summed E-state index contributed by atoms with van der Waals surface area (Å²) < 4.78 is 1.23. The lowest BCUT2D eigenvalue weighted by Crippen LogP contribution is -2.28. The van der Waals surface area contributed by atoms with Gasteiger partial charge in [-0.2, -0.15) is 9.78 Å². The number of nitrogens with one attached hydrogen (secondary N) is 2. The lowest BCUT2D eigenvalue weighted by Gasteiger charge is -2.11. The fraction of sp³-hybridized carbons (Fsp3) is 0.130. The van der Waals surface area contributed by atoms with E-state index in [0.717, 1.165) is 12.8 Å². The standard InChI is InChI=1S/C23H18N4O3S/c28-20(24-14-10-11-14)18-12-13-31-22(18)25-21(29)19-16-8-4-5-9-17(16)23(30)27(26-19)15-6-2-1-3-7-15/h1-9,12-14H,10-11H2,(H,24,28)(H,25,29). The summed E-state index contributed by atoms with van der Waals surface area (Å²) >= 11 is 1.27. The summed E-state index contributed by atoms with van der Waals surface area (Å²) in [6.07, 6.45) is 1.96. The molecule has 8 heteroatoms. The van der Waals surface area contributed by atoms with E-state index >= 15 is 0 Å². The molecule has 31 heavy (non-hydrogen) atoms. The predicted molar refractivity (Wildman–Crippen MR) is 120 cm³/mol. The molecule has 2 amide bonds. The first kappa shape index (κ1) is 19.2. The number of hydrogen-bond donors (Lipinski definition) is 2. The van der Waals surface area contributed by atoms with Crippen LogP contribution in [0.3, 0.4) is 0 Å². The van der Waals surface area contributed by atoms with Crippen LogP contribution in [0.4, 0.5) is 5.00 Å². The van der Waals surface area contributed by atoms with Gasteiger partial charge in [-0.15, -0.1) is 11.3 Å². The van der Waals surface area contributed by atoms with Gasteiger partial charge in [0, 0.05) is 11.4 Å². The van der Waals surface area contributed by atoms with Crippen LogP contribution in [0.5, 0.6) is 0 Å². The molecule has 2 heterocycles. The van der Waals surface area contributed by atoms with E-state index in [-0.39, 0.29) is 23.2 Å². The Labute approximate surface area is 181 Å². The van der Waals surface area contributed by atoms with Crippen LogP contribution in [0.25, 0.3) is 16.5 Å². The average molecular weight is 430 g/mol. The number of carbonyl (C=O) groups excluding carboxylic acids is 2. The number of carbonyl (C=O) groups is 2. The van der Waals surface area contributed by atoms with Crippen LogP contribution >= 0.6 is 11.3 Å². The van der Waals surface area contributed by atoms with Crippen LogP contribution in [0, 0.1) is 0 Å². The minimum atomic E-state index is -0.483. The number of rotatable bonds is 5. The second-order valence-corrected chi connectivity index (χ2v) is 8.23. The molecule has 4 aromatic rings. The van der Waals surface area contributed by atoms with Gasteiger partial charge in [-0.1, -0.05) is 36.4 Å². The van der Waals surface area contributed by atoms with Gasteiger partial charge in [0.15, 0.2) is 5.69 Å². The Morgan fingerprint density at radius 3 is 2.39 bits per heavy atom. The Balaban J connectivity index is 1.55. The first-order chi connectivity index (χ1) is 15.1. The Kier molecular flexibility index (Phi) is 4.83. The number of aromatic nitrogens is 2. The van der Waals surface area contributed by atoms with Gasteiger partial charge in [0.2, 0.25) is 0 Å². The largest absolute Gasteiger partial charge is 0.349 e. The molecule has 0 spiro atoms. The molecule has 0 radical (unpaired) electrons. The van der Waals surface area contributed by atoms with Crippen molar-refractivity contribution in [1.82, 2.24) is 15.1 Å². The molecule has 0 unspecified atom stereocenters. The van der Waals surface area contributed by atoms with Gasteiger partial charge in [0.1, 0.15) is 5.00 Å². The maximum Gasteiger partial charge on any atom is 0.279 e. The first-order valence-electron chi connectivity index (χ1n) is 9.89. The second kappa shape index (κ2) is 7.81. The predicted octanol–water partition coefficient (Wildman–Crippen LogP) is 3.59.